The van der Waals surface area contributed by atoms with Gasteiger partial charge in [0.05, 0.1) is 0 Å². The fraction of sp³-hybridized carbons (Fsp3) is 0.167. The van der Waals surface area contributed by atoms with Gasteiger partial charge in [-0.15, -0.1) is 0 Å². The second-order valence-corrected chi connectivity index (χ2v) is 10.3. The summed E-state index contributed by atoms with van der Waals surface area (Å²) in [5.41, 5.74) is 13.4. The molecule has 182 valence electrons. The van der Waals surface area contributed by atoms with Gasteiger partial charge in [-0.05, 0) is 97.3 Å². The van der Waals surface area contributed by atoms with Gasteiger partial charge in [0, 0.05) is 23.0 Å². The Bertz CT molecular complexity index is 1400. The van der Waals surface area contributed by atoms with Crippen LogP contribution >= 0.6 is 0 Å². The topological polar surface area (TPSA) is 3.24 Å². The van der Waals surface area contributed by atoms with Crippen molar-refractivity contribution in [3.63, 3.8) is 0 Å². The van der Waals surface area contributed by atoms with Crippen molar-refractivity contribution in [3.05, 3.63) is 160 Å². The van der Waals surface area contributed by atoms with E-state index < -0.39 is 0 Å². The molecule has 1 heteroatoms. The zero-order chi connectivity index (χ0) is 25.2. The van der Waals surface area contributed by atoms with Crippen LogP contribution in [0, 0.1) is 13.8 Å². The maximum atomic E-state index is 2.35. The largest absolute Gasteiger partial charge is 0.311 e. The van der Waals surface area contributed by atoms with Gasteiger partial charge in [0.15, 0.2) is 0 Å². The van der Waals surface area contributed by atoms with Gasteiger partial charge in [0.25, 0.3) is 0 Å². The molecule has 0 fully saturated rings. The van der Waals surface area contributed by atoms with Crippen LogP contribution in [-0.4, -0.2) is 0 Å². The van der Waals surface area contributed by atoms with Crippen molar-refractivity contribution < 1.29 is 0 Å². The molecule has 1 nitrogen and oxygen atoms in total. The average Bonchev–Trinajstić information content (AvgIpc) is 3.09. The highest BCUT2D eigenvalue weighted by Crippen LogP contribution is 2.38. The fourth-order valence-electron chi connectivity index (χ4n) is 5.71. The second-order valence-electron chi connectivity index (χ2n) is 10.3. The molecule has 1 aliphatic rings. The van der Waals surface area contributed by atoms with Crippen molar-refractivity contribution in [1.29, 1.82) is 0 Å². The van der Waals surface area contributed by atoms with Crippen LogP contribution in [0.15, 0.2) is 121 Å². The molecule has 0 N–H and O–H groups in total. The quantitative estimate of drug-likeness (QED) is 0.243. The molecule has 0 saturated carbocycles. The minimum absolute atomic E-state index is 0.381. The average molecular weight is 480 g/mol. The van der Waals surface area contributed by atoms with Crippen molar-refractivity contribution in [2.24, 2.45) is 0 Å². The van der Waals surface area contributed by atoms with Crippen molar-refractivity contribution in [1.82, 2.24) is 0 Å². The zero-order valence-electron chi connectivity index (χ0n) is 21.7. The van der Waals surface area contributed by atoms with Crippen LogP contribution in [0.5, 0.6) is 0 Å². The lowest BCUT2D eigenvalue weighted by molar-refractivity contribution is 0.799. The standard InChI is InChI=1S/C36H33N/c1-26-11-19-31(20-12-26)37(32-21-13-27(2)14-22-32)33-23-15-28(16-24-33)25-36-34-9-5-3-7-29(34)17-18-30-8-4-6-10-35(30)36/h3-16,19-24,36H,17-18,25H2,1-2H3. The third-order valence-electron chi connectivity index (χ3n) is 7.74. The first kappa shape index (κ1) is 23.3. The summed E-state index contributed by atoms with van der Waals surface area (Å²) in [5.74, 6) is 0.381. The van der Waals surface area contributed by atoms with Gasteiger partial charge in [-0.2, -0.15) is 0 Å². The summed E-state index contributed by atoms with van der Waals surface area (Å²) in [7, 11) is 0. The van der Waals surface area contributed by atoms with E-state index in [2.05, 4.69) is 140 Å². The predicted molar refractivity (Wildman–Crippen MR) is 156 cm³/mol. The molecule has 0 unspecified atom stereocenters. The van der Waals surface area contributed by atoms with Gasteiger partial charge in [-0.25, -0.2) is 0 Å². The summed E-state index contributed by atoms with van der Waals surface area (Å²) >= 11 is 0. The lowest BCUT2D eigenvalue weighted by Gasteiger charge is -2.26. The Kier molecular flexibility index (Phi) is 6.37. The second kappa shape index (κ2) is 10.1. The SMILES string of the molecule is Cc1ccc(N(c2ccc(C)cc2)c2ccc(CC3c4ccccc4CCc4ccccc43)cc2)cc1. The van der Waals surface area contributed by atoms with Crippen molar-refractivity contribution in [2.75, 3.05) is 4.90 Å². The Balaban J connectivity index is 1.36. The molecule has 0 heterocycles. The summed E-state index contributed by atoms with van der Waals surface area (Å²) in [4.78, 5) is 2.35. The molecule has 0 amide bonds. The van der Waals surface area contributed by atoms with Crippen LogP contribution in [-0.2, 0) is 19.3 Å². The third-order valence-corrected chi connectivity index (χ3v) is 7.74. The third kappa shape index (κ3) is 4.82. The van der Waals surface area contributed by atoms with Crippen LogP contribution in [0.25, 0.3) is 0 Å². The first-order valence-electron chi connectivity index (χ1n) is 13.3. The lowest BCUT2D eigenvalue weighted by Crippen LogP contribution is -2.11. The number of hydrogen-bond acceptors (Lipinski definition) is 1. The highest BCUT2D eigenvalue weighted by Gasteiger charge is 2.23. The molecular formula is C36H33N. The van der Waals surface area contributed by atoms with Crippen LogP contribution in [0.2, 0.25) is 0 Å². The summed E-state index contributed by atoms with van der Waals surface area (Å²) in [5, 5.41) is 0. The van der Waals surface area contributed by atoms with E-state index in [1.807, 2.05) is 0 Å². The number of aryl methyl sites for hydroxylation is 4. The fourth-order valence-corrected chi connectivity index (χ4v) is 5.71. The highest BCUT2D eigenvalue weighted by molar-refractivity contribution is 5.76. The van der Waals surface area contributed by atoms with E-state index in [1.165, 1.54) is 56.0 Å². The molecule has 0 spiro atoms. The molecule has 0 radical (unpaired) electrons. The van der Waals surface area contributed by atoms with Crippen LogP contribution in [0.1, 0.15) is 44.9 Å². The minimum atomic E-state index is 0.381. The van der Waals surface area contributed by atoms with E-state index >= 15 is 0 Å². The van der Waals surface area contributed by atoms with Crippen LogP contribution in [0.3, 0.4) is 0 Å². The molecule has 6 rings (SSSR count). The number of fused-ring (bicyclic) bond motifs is 2. The van der Waals surface area contributed by atoms with E-state index in [0.717, 1.165) is 19.3 Å². The van der Waals surface area contributed by atoms with Gasteiger partial charge in [-0.1, -0.05) is 96.1 Å². The highest BCUT2D eigenvalue weighted by atomic mass is 15.1. The molecule has 37 heavy (non-hydrogen) atoms. The Morgan fingerprint density at radius 3 is 1.38 bits per heavy atom. The molecular weight excluding hydrogens is 446 g/mol. The van der Waals surface area contributed by atoms with Crippen molar-refractivity contribution in [3.8, 4) is 0 Å². The van der Waals surface area contributed by atoms with Gasteiger partial charge in [0.2, 0.25) is 0 Å². The Hall–Kier alpha value is -4.10. The number of nitrogens with zero attached hydrogens (tertiary/aromatic N) is 1. The first-order valence-corrected chi connectivity index (χ1v) is 13.3. The van der Waals surface area contributed by atoms with Crippen LogP contribution in [0.4, 0.5) is 17.1 Å². The molecule has 5 aromatic rings. The zero-order valence-corrected chi connectivity index (χ0v) is 21.7. The Morgan fingerprint density at radius 1 is 0.514 bits per heavy atom. The molecule has 0 saturated heterocycles. The van der Waals surface area contributed by atoms with E-state index in [1.54, 1.807) is 0 Å². The number of benzene rings is 5. The van der Waals surface area contributed by atoms with Crippen molar-refractivity contribution in [2.45, 2.75) is 39.0 Å². The number of rotatable bonds is 5. The van der Waals surface area contributed by atoms with E-state index in [0.29, 0.717) is 5.92 Å². The molecule has 0 aromatic heterocycles. The van der Waals surface area contributed by atoms with Gasteiger partial charge in [-0.3, -0.25) is 0 Å². The summed E-state index contributed by atoms with van der Waals surface area (Å²) < 4.78 is 0. The van der Waals surface area contributed by atoms with Crippen molar-refractivity contribution >= 4 is 17.1 Å². The smallest absolute Gasteiger partial charge is 0.0461 e. The molecule has 1 aliphatic carbocycles. The molecule has 0 aliphatic heterocycles. The maximum absolute atomic E-state index is 2.35. The molecule has 5 aromatic carbocycles. The van der Waals surface area contributed by atoms with Crippen LogP contribution < -0.4 is 4.90 Å². The van der Waals surface area contributed by atoms with Gasteiger partial charge in [0.1, 0.15) is 0 Å². The van der Waals surface area contributed by atoms with Gasteiger partial charge < -0.3 is 4.90 Å². The predicted octanol–water partition coefficient (Wildman–Crippen LogP) is 9.25. The van der Waals surface area contributed by atoms with E-state index in [4.69, 9.17) is 0 Å². The lowest BCUT2D eigenvalue weighted by atomic mass is 9.83. The molecule has 0 atom stereocenters. The van der Waals surface area contributed by atoms with E-state index in [-0.39, 0.29) is 0 Å². The van der Waals surface area contributed by atoms with Gasteiger partial charge >= 0.3 is 0 Å². The van der Waals surface area contributed by atoms with E-state index in [9.17, 15) is 0 Å². The Morgan fingerprint density at radius 2 is 0.919 bits per heavy atom. The monoisotopic (exact) mass is 479 g/mol. The normalized spacial score (nSPS) is 12.9. The summed E-state index contributed by atoms with van der Waals surface area (Å²) in [6.07, 6.45) is 3.23. The number of hydrogen-bond donors (Lipinski definition) is 0. The minimum Gasteiger partial charge on any atom is -0.311 e. The first-order chi connectivity index (χ1) is 18.2. The summed E-state index contributed by atoms with van der Waals surface area (Å²) in [6, 6.07) is 44.9. The summed E-state index contributed by atoms with van der Waals surface area (Å²) in [6.45, 7) is 4.27. The molecule has 0 bridgehead atoms. The maximum Gasteiger partial charge on any atom is 0.0461 e. The Labute approximate surface area is 221 Å². The number of anilines is 3.